The average molecular weight is 497 g/mol. The Hall–Kier alpha value is -3.77. The lowest BCUT2D eigenvalue weighted by Crippen LogP contribution is -2.29. The molecule has 36 heavy (non-hydrogen) atoms. The van der Waals surface area contributed by atoms with Crippen LogP contribution in [0.4, 0.5) is 11.4 Å². The molecule has 6 rings (SSSR count). The molecule has 5 nitrogen and oxygen atoms in total. The molecular formula is C30H28N2O3S. The average Bonchev–Trinajstić information content (AvgIpc) is 3.39. The summed E-state index contributed by atoms with van der Waals surface area (Å²) in [6.07, 6.45) is 5.38. The van der Waals surface area contributed by atoms with Crippen LogP contribution in [0, 0.1) is 5.92 Å². The molecule has 0 aromatic heterocycles. The second-order valence-corrected chi connectivity index (χ2v) is 11.0. The van der Waals surface area contributed by atoms with Gasteiger partial charge in [-0.15, -0.1) is 0 Å². The normalized spacial score (nSPS) is 20.4. The Morgan fingerprint density at radius 2 is 1.78 bits per heavy atom. The Bertz CT molecular complexity index is 1560. The summed E-state index contributed by atoms with van der Waals surface area (Å²) in [6.45, 7) is 2.62. The van der Waals surface area contributed by atoms with Gasteiger partial charge < -0.3 is 10.1 Å². The summed E-state index contributed by atoms with van der Waals surface area (Å²) in [5.74, 6) is 1.34. The second-order valence-electron chi connectivity index (χ2n) is 9.36. The Kier molecular flexibility index (Phi) is 5.69. The van der Waals surface area contributed by atoms with Crippen LogP contribution in [0.5, 0.6) is 5.75 Å². The van der Waals surface area contributed by atoms with Crippen molar-refractivity contribution in [3.8, 4) is 5.75 Å². The van der Waals surface area contributed by atoms with Crippen molar-refractivity contribution in [1.29, 1.82) is 0 Å². The molecule has 0 amide bonds. The zero-order chi connectivity index (χ0) is 24.7. The number of anilines is 2. The highest BCUT2D eigenvalue weighted by Crippen LogP contribution is 2.50. The third-order valence-corrected chi connectivity index (χ3v) is 8.59. The summed E-state index contributed by atoms with van der Waals surface area (Å²) < 4.78 is 35.3. The fourth-order valence-corrected chi connectivity index (χ4v) is 6.64. The molecule has 4 aromatic rings. The van der Waals surface area contributed by atoms with Crippen molar-refractivity contribution >= 4 is 32.2 Å². The maximum Gasteiger partial charge on any atom is 0.261 e. The van der Waals surface area contributed by atoms with E-state index in [0.29, 0.717) is 18.2 Å². The number of hydrogen-bond donors (Lipinski definition) is 2. The van der Waals surface area contributed by atoms with Crippen LogP contribution in [-0.2, 0) is 10.0 Å². The number of benzene rings is 4. The van der Waals surface area contributed by atoms with Crippen molar-refractivity contribution < 1.29 is 13.2 Å². The van der Waals surface area contributed by atoms with Gasteiger partial charge >= 0.3 is 0 Å². The summed E-state index contributed by atoms with van der Waals surface area (Å²) in [6, 6.07) is 27.3. The van der Waals surface area contributed by atoms with Gasteiger partial charge in [-0.3, -0.25) is 4.72 Å². The van der Waals surface area contributed by atoms with Gasteiger partial charge in [-0.05, 0) is 72.2 Å². The van der Waals surface area contributed by atoms with Crippen molar-refractivity contribution in [2.24, 2.45) is 5.92 Å². The smallest absolute Gasteiger partial charge is 0.261 e. The van der Waals surface area contributed by atoms with E-state index in [1.165, 1.54) is 5.56 Å². The molecule has 0 saturated carbocycles. The number of sulfonamides is 1. The molecule has 1 aliphatic heterocycles. The maximum atomic E-state index is 13.4. The molecule has 0 bridgehead atoms. The first-order valence-electron chi connectivity index (χ1n) is 12.3. The van der Waals surface area contributed by atoms with E-state index in [9.17, 15) is 8.42 Å². The van der Waals surface area contributed by atoms with Gasteiger partial charge in [0.05, 0.1) is 23.2 Å². The van der Waals surface area contributed by atoms with Crippen LogP contribution in [-0.4, -0.2) is 15.0 Å². The number of ether oxygens (including phenoxy) is 1. The molecular weight excluding hydrogens is 468 g/mol. The zero-order valence-electron chi connectivity index (χ0n) is 20.0. The lowest BCUT2D eigenvalue weighted by atomic mass is 9.77. The molecule has 0 radical (unpaired) electrons. The highest BCUT2D eigenvalue weighted by Gasteiger charge is 2.38. The lowest BCUT2D eigenvalue weighted by molar-refractivity contribution is 0.340. The van der Waals surface area contributed by atoms with E-state index in [1.54, 1.807) is 12.1 Å². The molecule has 0 spiro atoms. The minimum atomic E-state index is -3.76. The molecule has 3 atom stereocenters. The molecule has 1 heterocycles. The van der Waals surface area contributed by atoms with E-state index in [0.717, 1.165) is 34.2 Å². The van der Waals surface area contributed by atoms with Crippen LogP contribution in [0.1, 0.15) is 36.4 Å². The molecule has 2 N–H and O–H groups in total. The van der Waals surface area contributed by atoms with E-state index in [1.807, 2.05) is 67.6 Å². The molecule has 4 aromatic carbocycles. The molecule has 0 fully saturated rings. The molecule has 0 saturated heterocycles. The predicted molar refractivity (Wildman–Crippen MR) is 145 cm³/mol. The Labute approximate surface area is 211 Å². The molecule has 6 heteroatoms. The Balaban J connectivity index is 1.32. The minimum absolute atomic E-state index is 0.143. The monoisotopic (exact) mass is 496 g/mol. The number of allylic oxidation sites excluding steroid dienone is 2. The van der Waals surface area contributed by atoms with Gasteiger partial charge in [0, 0.05) is 17.0 Å². The fraction of sp³-hybridized carbons (Fsp3) is 0.200. The van der Waals surface area contributed by atoms with E-state index >= 15 is 0 Å². The van der Waals surface area contributed by atoms with Gasteiger partial charge in [0.1, 0.15) is 5.75 Å². The SMILES string of the molecule is CCOc1ccc([C@@H]2Nc3ccc(S(=O)(=O)Nc4cccc5ccccc45)cc3[C@@H]3C=CC[C@@H]32)cc1. The van der Waals surface area contributed by atoms with Crippen molar-refractivity contribution in [3.63, 3.8) is 0 Å². The largest absolute Gasteiger partial charge is 0.494 e. The third-order valence-electron chi connectivity index (χ3n) is 7.23. The maximum absolute atomic E-state index is 13.4. The van der Waals surface area contributed by atoms with Crippen LogP contribution < -0.4 is 14.8 Å². The number of rotatable bonds is 6. The van der Waals surface area contributed by atoms with Crippen LogP contribution in [0.25, 0.3) is 10.8 Å². The van der Waals surface area contributed by atoms with Gasteiger partial charge in [-0.25, -0.2) is 8.42 Å². The Morgan fingerprint density at radius 1 is 0.972 bits per heavy atom. The number of fused-ring (bicyclic) bond motifs is 4. The lowest BCUT2D eigenvalue weighted by Gasteiger charge is -2.37. The zero-order valence-corrected chi connectivity index (χ0v) is 20.8. The van der Waals surface area contributed by atoms with Crippen molar-refractivity contribution in [2.45, 2.75) is 30.2 Å². The standard InChI is InChI=1S/C30H28N2O3S/c1-2-35-22-15-13-21(14-16-22)30-26-11-6-10-25(26)27-19-23(17-18-28(27)31-30)36(33,34)32-29-12-5-8-20-7-3-4-9-24(20)29/h3-10,12-19,25-26,30-32H,2,11H2,1H3/t25-,26+,30+/m1/s1. The van der Waals surface area contributed by atoms with Gasteiger partial charge in [0.15, 0.2) is 0 Å². The quantitative estimate of drug-likeness (QED) is 0.286. The topological polar surface area (TPSA) is 67.4 Å². The van der Waals surface area contributed by atoms with Crippen molar-refractivity contribution in [3.05, 3.63) is 108 Å². The van der Waals surface area contributed by atoms with Crippen LogP contribution >= 0.6 is 0 Å². The predicted octanol–water partition coefficient (Wildman–Crippen LogP) is 6.87. The summed E-state index contributed by atoms with van der Waals surface area (Å²) in [4.78, 5) is 0.273. The van der Waals surface area contributed by atoms with Crippen molar-refractivity contribution in [2.75, 3.05) is 16.6 Å². The highest BCUT2D eigenvalue weighted by molar-refractivity contribution is 7.92. The molecule has 182 valence electrons. The highest BCUT2D eigenvalue weighted by atomic mass is 32.2. The van der Waals surface area contributed by atoms with E-state index < -0.39 is 10.0 Å². The first-order valence-corrected chi connectivity index (χ1v) is 13.8. The third kappa shape index (κ3) is 4.01. The first-order chi connectivity index (χ1) is 17.5. The second kappa shape index (κ2) is 9.03. The summed E-state index contributed by atoms with van der Waals surface area (Å²) in [7, 11) is -3.76. The van der Waals surface area contributed by atoms with Crippen molar-refractivity contribution in [1.82, 2.24) is 0 Å². The van der Waals surface area contributed by atoms with Crippen LogP contribution in [0.3, 0.4) is 0 Å². The number of hydrogen-bond acceptors (Lipinski definition) is 4. The number of nitrogens with one attached hydrogen (secondary N) is 2. The first kappa shape index (κ1) is 22.7. The molecule has 2 aliphatic rings. The van der Waals surface area contributed by atoms with E-state index in [-0.39, 0.29) is 16.9 Å². The Morgan fingerprint density at radius 3 is 2.61 bits per heavy atom. The van der Waals surface area contributed by atoms with Gasteiger partial charge in [-0.2, -0.15) is 0 Å². The van der Waals surface area contributed by atoms with Gasteiger partial charge in [0.2, 0.25) is 0 Å². The van der Waals surface area contributed by atoms with E-state index in [4.69, 9.17) is 4.74 Å². The van der Waals surface area contributed by atoms with Gasteiger partial charge in [-0.1, -0.05) is 60.7 Å². The van der Waals surface area contributed by atoms with Crippen LogP contribution in [0.2, 0.25) is 0 Å². The van der Waals surface area contributed by atoms with E-state index in [2.05, 4.69) is 34.3 Å². The summed E-state index contributed by atoms with van der Waals surface area (Å²) in [5, 5.41) is 5.56. The minimum Gasteiger partial charge on any atom is -0.494 e. The van der Waals surface area contributed by atoms with Crippen LogP contribution in [0.15, 0.2) is 102 Å². The summed E-state index contributed by atoms with van der Waals surface area (Å²) in [5.41, 5.74) is 3.79. The summed E-state index contributed by atoms with van der Waals surface area (Å²) >= 11 is 0. The van der Waals surface area contributed by atoms with Gasteiger partial charge in [0.25, 0.3) is 10.0 Å². The molecule has 0 unspecified atom stereocenters. The fourth-order valence-electron chi connectivity index (χ4n) is 5.53. The molecule has 1 aliphatic carbocycles.